The fourth-order valence-electron chi connectivity index (χ4n) is 2.52. The maximum atomic E-state index is 9.07. The maximum Gasteiger partial charge on any atom is 0.0632 e. The van der Waals surface area contributed by atoms with Crippen LogP contribution in [0.15, 0.2) is 16.9 Å². The van der Waals surface area contributed by atoms with Crippen molar-refractivity contribution >= 4 is 15.9 Å². The zero-order chi connectivity index (χ0) is 12.1. The van der Waals surface area contributed by atoms with Crippen molar-refractivity contribution in [2.45, 2.75) is 38.3 Å². The molecule has 0 spiro atoms. The number of aliphatic hydroxyl groups is 1. The molecule has 1 aliphatic rings. The Morgan fingerprint density at radius 3 is 3.00 bits per heavy atom. The Balaban J connectivity index is 1.83. The highest BCUT2D eigenvalue weighted by molar-refractivity contribution is 9.10. The van der Waals surface area contributed by atoms with Crippen LogP contribution in [-0.2, 0) is 6.54 Å². The summed E-state index contributed by atoms with van der Waals surface area (Å²) in [7, 11) is 0. The molecule has 1 saturated heterocycles. The molecule has 1 aromatic rings. The highest BCUT2D eigenvalue weighted by Gasteiger charge is 2.21. The molecule has 0 bridgehead atoms. The lowest BCUT2D eigenvalue weighted by atomic mass is 10.00. The van der Waals surface area contributed by atoms with Crippen LogP contribution < -0.4 is 0 Å². The van der Waals surface area contributed by atoms with Crippen molar-refractivity contribution in [2.75, 3.05) is 19.7 Å². The Labute approximate surface area is 111 Å². The predicted molar refractivity (Wildman–Crippen MR) is 70.8 cm³/mol. The molecule has 5 heteroatoms. The van der Waals surface area contributed by atoms with Gasteiger partial charge in [0.2, 0.25) is 0 Å². The number of halogens is 1. The topological polar surface area (TPSA) is 41.3 Å². The number of likely N-dealkylation sites (tertiary alicyclic amines) is 1. The van der Waals surface area contributed by atoms with Gasteiger partial charge in [-0.25, -0.2) is 0 Å². The molecule has 0 aromatic carbocycles. The van der Waals surface area contributed by atoms with E-state index in [0.717, 1.165) is 30.5 Å². The van der Waals surface area contributed by atoms with Gasteiger partial charge in [-0.1, -0.05) is 6.42 Å². The summed E-state index contributed by atoms with van der Waals surface area (Å²) < 4.78 is 3.00. The standard InChI is InChI=1S/C12H20BrN3O/c13-11-9-14-16(10-11)7-6-15-5-2-1-3-12(15)4-8-17/h9-10,12,17H,1-8H2. The van der Waals surface area contributed by atoms with Crippen molar-refractivity contribution in [3.05, 3.63) is 16.9 Å². The molecule has 0 amide bonds. The number of aromatic nitrogens is 2. The monoisotopic (exact) mass is 301 g/mol. The fourth-order valence-corrected chi connectivity index (χ4v) is 2.85. The predicted octanol–water partition coefficient (Wildman–Crippen LogP) is 1.88. The van der Waals surface area contributed by atoms with Gasteiger partial charge in [-0.3, -0.25) is 9.58 Å². The Hall–Kier alpha value is -0.390. The van der Waals surface area contributed by atoms with E-state index >= 15 is 0 Å². The summed E-state index contributed by atoms with van der Waals surface area (Å²) in [6.07, 6.45) is 8.54. The number of rotatable bonds is 5. The van der Waals surface area contributed by atoms with Crippen molar-refractivity contribution in [1.82, 2.24) is 14.7 Å². The first-order valence-corrected chi connectivity index (χ1v) is 7.12. The minimum atomic E-state index is 0.300. The van der Waals surface area contributed by atoms with Gasteiger partial charge in [-0.05, 0) is 41.7 Å². The summed E-state index contributed by atoms with van der Waals surface area (Å²) >= 11 is 3.40. The van der Waals surface area contributed by atoms with Crippen LogP contribution in [0, 0.1) is 0 Å². The molecule has 1 aromatic heterocycles. The average Bonchev–Trinajstić information content (AvgIpc) is 2.74. The van der Waals surface area contributed by atoms with E-state index in [1.54, 1.807) is 0 Å². The van der Waals surface area contributed by atoms with Gasteiger partial charge in [0.25, 0.3) is 0 Å². The molecule has 0 saturated carbocycles. The van der Waals surface area contributed by atoms with Crippen LogP contribution in [0.2, 0.25) is 0 Å². The zero-order valence-electron chi connectivity index (χ0n) is 10.1. The Morgan fingerprint density at radius 2 is 2.29 bits per heavy atom. The molecular weight excluding hydrogens is 282 g/mol. The van der Waals surface area contributed by atoms with Crippen LogP contribution in [0.4, 0.5) is 0 Å². The summed E-state index contributed by atoms with van der Waals surface area (Å²) in [5.74, 6) is 0. The van der Waals surface area contributed by atoms with Crippen LogP contribution in [0.1, 0.15) is 25.7 Å². The molecule has 96 valence electrons. The van der Waals surface area contributed by atoms with Gasteiger partial charge in [-0.15, -0.1) is 0 Å². The van der Waals surface area contributed by atoms with Gasteiger partial charge < -0.3 is 5.11 Å². The van der Waals surface area contributed by atoms with Crippen LogP contribution >= 0.6 is 15.9 Å². The molecule has 1 unspecified atom stereocenters. The SMILES string of the molecule is OCCC1CCCCN1CCn1cc(Br)cn1. The Morgan fingerprint density at radius 1 is 1.41 bits per heavy atom. The van der Waals surface area contributed by atoms with Crippen LogP contribution in [-0.4, -0.2) is 45.5 Å². The smallest absolute Gasteiger partial charge is 0.0632 e. The minimum Gasteiger partial charge on any atom is -0.396 e. The normalized spacial score (nSPS) is 21.9. The molecule has 1 atom stereocenters. The van der Waals surface area contributed by atoms with E-state index in [1.165, 1.54) is 19.3 Å². The van der Waals surface area contributed by atoms with E-state index < -0.39 is 0 Å². The first-order valence-electron chi connectivity index (χ1n) is 6.32. The van der Waals surface area contributed by atoms with E-state index in [2.05, 4.69) is 25.9 Å². The van der Waals surface area contributed by atoms with Gasteiger partial charge >= 0.3 is 0 Å². The summed E-state index contributed by atoms with van der Waals surface area (Å²) in [5.41, 5.74) is 0. The van der Waals surface area contributed by atoms with Gasteiger partial charge in [0.1, 0.15) is 0 Å². The molecule has 2 heterocycles. The third-order valence-corrected chi connectivity index (χ3v) is 3.84. The van der Waals surface area contributed by atoms with Crippen molar-refractivity contribution in [3.8, 4) is 0 Å². The number of nitrogens with zero attached hydrogens (tertiary/aromatic N) is 3. The van der Waals surface area contributed by atoms with Crippen LogP contribution in [0.5, 0.6) is 0 Å². The second kappa shape index (κ2) is 6.52. The summed E-state index contributed by atoms with van der Waals surface area (Å²) in [4.78, 5) is 2.50. The molecule has 17 heavy (non-hydrogen) atoms. The van der Waals surface area contributed by atoms with E-state index in [1.807, 2.05) is 17.1 Å². The minimum absolute atomic E-state index is 0.300. The van der Waals surface area contributed by atoms with Gasteiger partial charge in [0.05, 0.1) is 17.2 Å². The number of piperidine rings is 1. The number of hydrogen-bond donors (Lipinski definition) is 1. The van der Waals surface area contributed by atoms with Crippen molar-refractivity contribution in [2.24, 2.45) is 0 Å². The Kier molecular flexibility index (Phi) is 5.00. The van der Waals surface area contributed by atoms with E-state index in [-0.39, 0.29) is 0 Å². The lowest BCUT2D eigenvalue weighted by molar-refractivity contribution is 0.114. The van der Waals surface area contributed by atoms with Crippen molar-refractivity contribution < 1.29 is 5.11 Å². The summed E-state index contributed by atoms with van der Waals surface area (Å²) in [6, 6.07) is 0.563. The molecule has 4 nitrogen and oxygen atoms in total. The molecule has 1 aliphatic heterocycles. The Bertz CT molecular complexity index is 340. The van der Waals surface area contributed by atoms with Gasteiger partial charge in [0, 0.05) is 25.4 Å². The van der Waals surface area contributed by atoms with Crippen molar-refractivity contribution in [1.29, 1.82) is 0 Å². The van der Waals surface area contributed by atoms with E-state index in [0.29, 0.717) is 12.6 Å². The summed E-state index contributed by atoms with van der Waals surface area (Å²) in [5, 5.41) is 13.3. The molecule has 0 radical (unpaired) electrons. The molecular formula is C12H20BrN3O. The first-order chi connectivity index (χ1) is 8.29. The molecule has 1 fully saturated rings. The number of hydrogen-bond acceptors (Lipinski definition) is 3. The molecule has 0 aliphatic carbocycles. The van der Waals surface area contributed by atoms with Crippen LogP contribution in [0.3, 0.4) is 0 Å². The first kappa shape index (κ1) is 13.1. The lowest BCUT2D eigenvalue weighted by Gasteiger charge is -2.35. The highest BCUT2D eigenvalue weighted by Crippen LogP contribution is 2.19. The second-order valence-corrected chi connectivity index (χ2v) is 5.54. The van der Waals surface area contributed by atoms with Gasteiger partial charge in [0.15, 0.2) is 0 Å². The second-order valence-electron chi connectivity index (χ2n) is 4.62. The summed E-state index contributed by atoms with van der Waals surface area (Å²) in [6.45, 7) is 3.41. The lowest BCUT2D eigenvalue weighted by Crippen LogP contribution is -2.41. The number of aliphatic hydroxyl groups excluding tert-OH is 1. The van der Waals surface area contributed by atoms with E-state index in [9.17, 15) is 0 Å². The molecule has 1 N–H and O–H groups in total. The third kappa shape index (κ3) is 3.79. The maximum absolute atomic E-state index is 9.07. The largest absolute Gasteiger partial charge is 0.396 e. The zero-order valence-corrected chi connectivity index (χ0v) is 11.6. The van der Waals surface area contributed by atoms with E-state index in [4.69, 9.17) is 5.11 Å². The fraction of sp³-hybridized carbons (Fsp3) is 0.750. The third-order valence-electron chi connectivity index (χ3n) is 3.43. The quantitative estimate of drug-likeness (QED) is 0.903. The highest BCUT2D eigenvalue weighted by atomic mass is 79.9. The van der Waals surface area contributed by atoms with Crippen molar-refractivity contribution in [3.63, 3.8) is 0 Å². The van der Waals surface area contributed by atoms with Gasteiger partial charge in [-0.2, -0.15) is 5.10 Å². The molecule has 2 rings (SSSR count). The average molecular weight is 302 g/mol. The van der Waals surface area contributed by atoms with Crippen LogP contribution in [0.25, 0.3) is 0 Å².